The first-order valence-electron chi connectivity index (χ1n) is 8.28. The van der Waals surface area contributed by atoms with Gasteiger partial charge in [0.2, 0.25) is 15.9 Å². The molecule has 1 aliphatic carbocycles. The number of nitrogens with one attached hydrogen (secondary N) is 2. The van der Waals surface area contributed by atoms with Crippen LogP contribution in [0.4, 0.5) is 0 Å². The minimum Gasteiger partial charge on any atom is -0.486 e. The molecule has 1 saturated carbocycles. The Morgan fingerprint density at radius 1 is 1.20 bits per heavy atom. The van der Waals surface area contributed by atoms with Crippen molar-refractivity contribution in [2.75, 3.05) is 13.2 Å². The van der Waals surface area contributed by atoms with Crippen LogP contribution in [0.25, 0.3) is 0 Å². The van der Waals surface area contributed by atoms with Gasteiger partial charge >= 0.3 is 0 Å². The Morgan fingerprint density at radius 3 is 2.44 bits per heavy atom. The Bertz CT molecular complexity index is 762. The summed E-state index contributed by atoms with van der Waals surface area (Å²) in [5, 5.41) is 2.89. The fourth-order valence-electron chi connectivity index (χ4n) is 3.00. The summed E-state index contributed by atoms with van der Waals surface area (Å²) in [4.78, 5) is 12.2. The summed E-state index contributed by atoms with van der Waals surface area (Å²) >= 11 is 3.25. The van der Waals surface area contributed by atoms with E-state index in [-0.39, 0.29) is 16.8 Å². The quantitative estimate of drug-likeness (QED) is 0.741. The molecular weight excluding hydrogens is 412 g/mol. The fourth-order valence-corrected chi connectivity index (χ4v) is 5.24. The molecule has 1 heterocycles. The highest BCUT2D eigenvalue weighted by molar-refractivity contribution is 9.10. The number of ether oxygens (including phenoxy) is 2. The molecule has 1 fully saturated rings. The number of carbonyl (C=O) groups is 1. The molecule has 0 bridgehead atoms. The van der Waals surface area contributed by atoms with Gasteiger partial charge in [0.1, 0.15) is 18.1 Å². The van der Waals surface area contributed by atoms with Gasteiger partial charge in [-0.05, 0) is 41.8 Å². The highest BCUT2D eigenvalue weighted by Gasteiger charge is 2.28. The van der Waals surface area contributed by atoms with Crippen molar-refractivity contribution in [1.29, 1.82) is 0 Å². The standard InChI is InChI=1S/C16H21BrN2O5S/c1-10(16(20)18-11-4-2-3-5-11)19-25(21,22)15-9-14-13(8-12(15)17)23-6-7-24-14/h8-11,19H,2-7H2,1H3,(H,18,20). The number of benzene rings is 1. The summed E-state index contributed by atoms with van der Waals surface area (Å²) in [5.74, 6) is 0.547. The van der Waals surface area contributed by atoms with E-state index in [0.29, 0.717) is 29.2 Å². The SMILES string of the molecule is CC(NS(=O)(=O)c1cc2c(cc1Br)OCCO2)C(=O)NC1CCCC1. The van der Waals surface area contributed by atoms with Gasteiger partial charge in [0.15, 0.2) is 11.5 Å². The first kappa shape index (κ1) is 18.5. The van der Waals surface area contributed by atoms with E-state index in [9.17, 15) is 13.2 Å². The highest BCUT2D eigenvalue weighted by atomic mass is 79.9. The lowest BCUT2D eigenvalue weighted by molar-refractivity contribution is -0.123. The third-order valence-corrected chi connectivity index (χ3v) is 6.81. The summed E-state index contributed by atoms with van der Waals surface area (Å²) in [6.45, 7) is 2.32. The van der Waals surface area contributed by atoms with E-state index < -0.39 is 16.1 Å². The van der Waals surface area contributed by atoms with Crippen LogP contribution in [0.3, 0.4) is 0 Å². The van der Waals surface area contributed by atoms with Gasteiger partial charge in [0.05, 0.1) is 6.04 Å². The number of sulfonamides is 1. The number of rotatable bonds is 5. The van der Waals surface area contributed by atoms with Crippen molar-refractivity contribution in [2.24, 2.45) is 0 Å². The summed E-state index contributed by atoms with van der Waals surface area (Å²) in [5.41, 5.74) is 0. The molecular formula is C16H21BrN2O5S. The molecule has 1 unspecified atom stereocenters. The predicted molar refractivity (Wildman–Crippen MR) is 95.3 cm³/mol. The molecule has 1 aromatic rings. The second-order valence-corrected chi connectivity index (χ2v) is 8.80. The van der Waals surface area contributed by atoms with Gasteiger partial charge in [-0.1, -0.05) is 12.8 Å². The van der Waals surface area contributed by atoms with E-state index in [0.717, 1.165) is 25.7 Å². The van der Waals surface area contributed by atoms with Crippen molar-refractivity contribution >= 4 is 31.9 Å². The van der Waals surface area contributed by atoms with Crippen LogP contribution in [0.2, 0.25) is 0 Å². The molecule has 0 aromatic heterocycles. The first-order chi connectivity index (χ1) is 11.9. The summed E-state index contributed by atoms with van der Waals surface area (Å²) < 4.78 is 39.0. The highest BCUT2D eigenvalue weighted by Crippen LogP contribution is 2.37. The van der Waals surface area contributed by atoms with E-state index in [1.54, 1.807) is 6.07 Å². The molecule has 1 amide bonds. The van der Waals surface area contributed by atoms with Crippen molar-refractivity contribution in [1.82, 2.24) is 10.0 Å². The van der Waals surface area contributed by atoms with E-state index in [4.69, 9.17) is 9.47 Å². The minimum atomic E-state index is -3.90. The van der Waals surface area contributed by atoms with Crippen molar-refractivity contribution in [2.45, 2.75) is 49.6 Å². The van der Waals surface area contributed by atoms with E-state index in [1.165, 1.54) is 13.0 Å². The second-order valence-electron chi connectivity index (χ2n) is 6.26. The zero-order chi connectivity index (χ0) is 18.0. The van der Waals surface area contributed by atoms with E-state index in [2.05, 4.69) is 26.0 Å². The first-order valence-corrected chi connectivity index (χ1v) is 10.6. The molecule has 138 valence electrons. The molecule has 1 atom stereocenters. The summed E-state index contributed by atoms with van der Waals surface area (Å²) in [6.07, 6.45) is 4.07. The number of hydrogen-bond acceptors (Lipinski definition) is 5. The Hall–Kier alpha value is -1.32. The van der Waals surface area contributed by atoms with Gasteiger partial charge in [-0.3, -0.25) is 4.79 Å². The monoisotopic (exact) mass is 432 g/mol. The van der Waals surface area contributed by atoms with Crippen LogP contribution in [0.1, 0.15) is 32.6 Å². The van der Waals surface area contributed by atoms with Crippen LogP contribution < -0.4 is 19.5 Å². The lowest BCUT2D eigenvalue weighted by atomic mass is 10.2. The summed E-state index contributed by atoms with van der Waals surface area (Å²) in [7, 11) is -3.90. The average molecular weight is 433 g/mol. The Labute approximate surface area is 155 Å². The number of amides is 1. The zero-order valence-electron chi connectivity index (χ0n) is 13.9. The fraction of sp³-hybridized carbons (Fsp3) is 0.562. The Balaban J connectivity index is 1.73. The molecule has 1 aliphatic heterocycles. The Morgan fingerprint density at radius 2 is 1.80 bits per heavy atom. The maximum Gasteiger partial charge on any atom is 0.242 e. The maximum absolute atomic E-state index is 12.7. The van der Waals surface area contributed by atoms with Gasteiger partial charge in [0.25, 0.3) is 0 Å². The van der Waals surface area contributed by atoms with Crippen molar-refractivity contribution in [3.8, 4) is 11.5 Å². The summed E-state index contributed by atoms with van der Waals surface area (Å²) in [6, 6.07) is 2.24. The van der Waals surface area contributed by atoms with E-state index in [1.807, 2.05) is 0 Å². The van der Waals surface area contributed by atoms with Gasteiger partial charge in [-0.25, -0.2) is 8.42 Å². The van der Waals surface area contributed by atoms with Crippen LogP contribution >= 0.6 is 15.9 Å². The molecule has 0 radical (unpaired) electrons. The lowest BCUT2D eigenvalue weighted by Crippen LogP contribution is -2.47. The van der Waals surface area contributed by atoms with Crippen molar-refractivity contribution in [3.05, 3.63) is 16.6 Å². The van der Waals surface area contributed by atoms with E-state index >= 15 is 0 Å². The molecule has 2 N–H and O–H groups in total. The minimum absolute atomic E-state index is 0.0114. The largest absolute Gasteiger partial charge is 0.486 e. The van der Waals surface area contributed by atoms with Crippen molar-refractivity contribution < 1.29 is 22.7 Å². The molecule has 0 saturated heterocycles. The number of halogens is 1. The van der Waals surface area contributed by atoms with Crippen LogP contribution in [0.5, 0.6) is 11.5 Å². The molecule has 2 aliphatic rings. The number of fused-ring (bicyclic) bond motifs is 1. The lowest BCUT2D eigenvalue weighted by Gasteiger charge is -2.21. The Kier molecular flexibility index (Phi) is 5.55. The van der Waals surface area contributed by atoms with Gasteiger partial charge in [-0.15, -0.1) is 0 Å². The van der Waals surface area contributed by atoms with Crippen LogP contribution in [0.15, 0.2) is 21.5 Å². The predicted octanol–water partition coefficient (Wildman–Crippen LogP) is 1.95. The molecule has 3 rings (SSSR count). The number of hydrogen-bond donors (Lipinski definition) is 2. The third kappa shape index (κ3) is 4.27. The second kappa shape index (κ2) is 7.51. The van der Waals surface area contributed by atoms with Crippen LogP contribution in [-0.4, -0.2) is 39.6 Å². The van der Waals surface area contributed by atoms with Crippen LogP contribution in [-0.2, 0) is 14.8 Å². The van der Waals surface area contributed by atoms with Crippen molar-refractivity contribution in [3.63, 3.8) is 0 Å². The maximum atomic E-state index is 12.7. The smallest absolute Gasteiger partial charge is 0.242 e. The average Bonchev–Trinajstić information content (AvgIpc) is 3.06. The third-order valence-electron chi connectivity index (χ3n) is 4.31. The zero-order valence-corrected chi connectivity index (χ0v) is 16.3. The molecule has 9 heteroatoms. The van der Waals surface area contributed by atoms with Gasteiger partial charge in [0, 0.05) is 16.6 Å². The normalized spacial score (nSPS) is 18.8. The van der Waals surface area contributed by atoms with Gasteiger partial charge in [-0.2, -0.15) is 4.72 Å². The molecule has 1 aromatic carbocycles. The van der Waals surface area contributed by atoms with Crippen LogP contribution in [0, 0.1) is 0 Å². The topological polar surface area (TPSA) is 93.7 Å². The molecule has 25 heavy (non-hydrogen) atoms. The molecule has 0 spiro atoms. The number of carbonyl (C=O) groups excluding carboxylic acids is 1. The van der Waals surface area contributed by atoms with Gasteiger partial charge < -0.3 is 14.8 Å². The molecule has 7 nitrogen and oxygen atoms in total.